The highest BCUT2D eigenvalue weighted by Crippen LogP contribution is 2.36. The summed E-state index contributed by atoms with van der Waals surface area (Å²) in [6.07, 6.45) is -1.29. The van der Waals surface area contributed by atoms with Gasteiger partial charge in [-0.05, 0) is 30.3 Å². The Morgan fingerprint density at radius 1 is 1.04 bits per heavy atom. The van der Waals surface area contributed by atoms with Gasteiger partial charge in [-0.2, -0.15) is 13.2 Å². The predicted molar refractivity (Wildman–Crippen MR) is 93.1 cm³/mol. The molecule has 1 aliphatic heterocycles. The molecule has 1 atom stereocenters. The van der Waals surface area contributed by atoms with Crippen LogP contribution in [0.25, 0.3) is 11.4 Å². The molecule has 1 N–H and O–H groups in total. The summed E-state index contributed by atoms with van der Waals surface area (Å²) in [5.41, 5.74) is -0.130. The van der Waals surface area contributed by atoms with Crippen molar-refractivity contribution in [1.82, 2.24) is 15.0 Å². The lowest BCUT2D eigenvalue weighted by Crippen LogP contribution is -2.22. The lowest BCUT2D eigenvalue weighted by Gasteiger charge is -2.27. The minimum Gasteiger partial charge on any atom is -0.493 e. The smallest absolute Gasteiger partial charge is 0.433 e. The van der Waals surface area contributed by atoms with E-state index in [9.17, 15) is 17.6 Å². The van der Waals surface area contributed by atoms with E-state index in [0.29, 0.717) is 29.9 Å². The quantitative estimate of drug-likeness (QED) is 0.661. The molecule has 0 spiro atoms. The SMILES string of the molecule is Fc1ccc2c(c1)C(Nc1cc(C(F)(F)F)nc(-c3ccncc3)n1)CCO2. The molecular weight excluding hydrogens is 376 g/mol. The number of aromatic nitrogens is 3. The number of rotatable bonds is 3. The first-order valence-electron chi connectivity index (χ1n) is 8.45. The molecule has 0 bridgehead atoms. The molecule has 1 aliphatic rings. The molecule has 4 rings (SSSR count). The average molecular weight is 390 g/mol. The van der Waals surface area contributed by atoms with Gasteiger partial charge in [0.25, 0.3) is 0 Å². The number of halogens is 4. The van der Waals surface area contributed by atoms with Crippen LogP contribution in [0, 0.1) is 5.82 Å². The third-order valence-electron chi connectivity index (χ3n) is 4.29. The van der Waals surface area contributed by atoms with E-state index in [2.05, 4.69) is 20.3 Å². The van der Waals surface area contributed by atoms with Gasteiger partial charge in [-0.15, -0.1) is 0 Å². The summed E-state index contributed by atoms with van der Waals surface area (Å²) in [7, 11) is 0. The average Bonchev–Trinajstić information content (AvgIpc) is 2.68. The fourth-order valence-corrected chi connectivity index (χ4v) is 2.99. The lowest BCUT2D eigenvalue weighted by molar-refractivity contribution is -0.141. The third kappa shape index (κ3) is 3.73. The highest BCUT2D eigenvalue weighted by molar-refractivity contribution is 5.57. The number of anilines is 1. The minimum absolute atomic E-state index is 0.00347. The van der Waals surface area contributed by atoms with Crippen LogP contribution >= 0.6 is 0 Å². The van der Waals surface area contributed by atoms with Crippen LogP contribution in [0.5, 0.6) is 5.75 Å². The van der Waals surface area contributed by atoms with Crippen LogP contribution in [0.4, 0.5) is 23.4 Å². The number of hydrogen-bond donors (Lipinski definition) is 1. The Hall–Kier alpha value is -3.23. The Kier molecular flexibility index (Phi) is 4.58. The van der Waals surface area contributed by atoms with Crippen LogP contribution in [0.2, 0.25) is 0 Å². The molecule has 0 saturated heterocycles. The zero-order valence-electron chi connectivity index (χ0n) is 14.4. The van der Waals surface area contributed by atoms with Gasteiger partial charge in [0.1, 0.15) is 17.4 Å². The van der Waals surface area contributed by atoms with E-state index in [1.54, 1.807) is 0 Å². The number of pyridine rings is 1. The topological polar surface area (TPSA) is 59.9 Å². The van der Waals surface area contributed by atoms with Crippen molar-refractivity contribution in [2.24, 2.45) is 0 Å². The number of fused-ring (bicyclic) bond motifs is 1. The zero-order valence-corrected chi connectivity index (χ0v) is 14.4. The van der Waals surface area contributed by atoms with Gasteiger partial charge in [-0.3, -0.25) is 4.98 Å². The molecule has 0 fully saturated rings. The van der Waals surface area contributed by atoms with E-state index in [-0.39, 0.29) is 11.6 Å². The number of ether oxygens (including phenoxy) is 1. The first-order valence-corrected chi connectivity index (χ1v) is 8.45. The van der Waals surface area contributed by atoms with Crippen molar-refractivity contribution in [1.29, 1.82) is 0 Å². The summed E-state index contributed by atoms with van der Waals surface area (Å²) >= 11 is 0. The third-order valence-corrected chi connectivity index (χ3v) is 4.29. The molecular formula is C19H14F4N4O. The summed E-state index contributed by atoms with van der Waals surface area (Å²) in [6, 6.07) is 7.54. The molecule has 0 radical (unpaired) electrons. The minimum atomic E-state index is -4.64. The molecule has 28 heavy (non-hydrogen) atoms. The molecule has 5 nitrogen and oxygen atoms in total. The van der Waals surface area contributed by atoms with E-state index in [0.717, 1.165) is 6.07 Å². The van der Waals surface area contributed by atoms with Gasteiger partial charge in [0.05, 0.1) is 12.6 Å². The molecule has 1 unspecified atom stereocenters. The number of hydrogen-bond acceptors (Lipinski definition) is 5. The van der Waals surface area contributed by atoms with Crippen molar-refractivity contribution in [3.63, 3.8) is 0 Å². The van der Waals surface area contributed by atoms with Crippen LogP contribution in [0.1, 0.15) is 23.7 Å². The van der Waals surface area contributed by atoms with Crippen molar-refractivity contribution in [2.45, 2.75) is 18.6 Å². The largest absolute Gasteiger partial charge is 0.493 e. The maximum atomic E-state index is 13.6. The van der Waals surface area contributed by atoms with Gasteiger partial charge in [0, 0.05) is 36.0 Å². The first-order chi connectivity index (χ1) is 13.4. The summed E-state index contributed by atoms with van der Waals surface area (Å²) in [5, 5.41) is 2.97. The Morgan fingerprint density at radius 3 is 2.57 bits per heavy atom. The van der Waals surface area contributed by atoms with Crippen molar-refractivity contribution >= 4 is 5.82 Å². The fraction of sp³-hybridized carbons (Fsp3) is 0.211. The second kappa shape index (κ2) is 7.06. The Balaban J connectivity index is 1.73. The lowest BCUT2D eigenvalue weighted by atomic mass is 10.0. The van der Waals surface area contributed by atoms with E-state index in [4.69, 9.17) is 4.74 Å². The van der Waals surface area contributed by atoms with Crippen LogP contribution in [0.15, 0.2) is 48.8 Å². The van der Waals surface area contributed by atoms with Gasteiger partial charge in [-0.1, -0.05) is 0 Å². The van der Waals surface area contributed by atoms with E-state index >= 15 is 0 Å². The summed E-state index contributed by atoms with van der Waals surface area (Å²) in [4.78, 5) is 11.7. The molecule has 3 aromatic rings. The molecule has 0 amide bonds. The maximum absolute atomic E-state index is 13.6. The fourth-order valence-electron chi connectivity index (χ4n) is 2.99. The zero-order chi connectivity index (χ0) is 19.7. The van der Waals surface area contributed by atoms with Gasteiger partial charge in [0.15, 0.2) is 11.5 Å². The van der Waals surface area contributed by atoms with E-state index < -0.39 is 23.7 Å². The Morgan fingerprint density at radius 2 is 1.82 bits per heavy atom. The highest BCUT2D eigenvalue weighted by atomic mass is 19.4. The van der Waals surface area contributed by atoms with Crippen LogP contribution in [-0.4, -0.2) is 21.6 Å². The molecule has 2 aromatic heterocycles. The number of nitrogens with one attached hydrogen (secondary N) is 1. The number of alkyl halides is 3. The van der Waals surface area contributed by atoms with Crippen LogP contribution in [-0.2, 0) is 6.18 Å². The number of nitrogens with zero attached hydrogens (tertiary/aromatic N) is 3. The number of benzene rings is 1. The van der Waals surface area contributed by atoms with E-state index in [1.165, 1.54) is 42.7 Å². The molecule has 144 valence electrons. The molecule has 1 aromatic carbocycles. The first kappa shape index (κ1) is 18.1. The van der Waals surface area contributed by atoms with Gasteiger partial charge < -0.3 is 10.1 Å². The second-order valence-corrected chi connectivity index (χ2v) is 6.21. The van der Waals surface area contributed by atoms with Gasteiger partial charge in [-0.25, -0.2) is 14.4 Å². The molecule has 0 aliphatic carbocycles. The molecule has 9 heteroatoms. The second-order valence-electron chi connectivity index (χ2n) is 6.21. The summed E-state index contributed by atoms with van der Waals surface area (Å²) in [5.74, 6) is -0.0423. The molecule has 0 saturated carbocycles. The summed E-state index contributed by atoms with van der Waals surface area (Å²) < 4.78 is 59.1. The maximum Gasteiger partial charge on any atom is 0.433 e. The summed E-state index contributed by atoms with van der Waals surface area (Å²) in [6.45, 7) is 0.352. The monoisotopic (exact) mass is 390 g/mol. The Labute approximate surface area is 157 Å². The van der Waals surface area contributed by atoms with Crippen molar-refractivity contribution in [3.05, 3.63) is 65.9 Å². The Bertz CT molecular complexity index is 995. The van der Waals surface area contributed by atoms with Crippen LogP contribution < -0.4 is 10.1 Å². The standard InChI is InChI=1S/C19H14F4N4O/c20-12-1-2-15-13(9-12)14(5-8-28-15)25-17-10-16(19(21,22)23)26-18(27-17)11-3-6-24-7-4-11/h1-4,6-7,9-10,14H,5,8H2,(H,25,26,27). The predicted octanol–water partition coefficient (Wildman–Crippen LogP) is 4.63. The van der Waals surface area contributed by atoms with Crippen molar-refractivity contribution < 1.29 is 22.3 Å². The van der Waals surface area contributed by atoms with E-state index in [1.807, 2.05) is 0 Å². The highest BCUT2D eigenvalue weighted by Gasteiger charge is 2.34. The van der Waals surface area contributed by atoms with Crippen LogP contribution in [0.3, 0.4) is 0 Å². The van der Waals surface area contributed by atoms with Crippen molar-refractivity contribution in [3.8, 4) is 17.1 Å². The van der Waals surface area contributed by atoms with Gasteiger partial charge >= 0.3 is 6.18 Å². The molecule has 3 heterocycles. The van der Waals surface area contributed by atoms with Gasteiger partial charge in [0.2, 0.25) is 0 Å². The normalized spacial score (nSPS) is 16.2. The van der Waals surface area contributed by atoms with Crippen molar-refractivity contribution in [2.75, 3.05) is 11.9 Å².